The highest BCUT2D eigenvalue weighted by molar-refractivity contribution is 6.00. The molecular formula is C23H25N7O2. The normalized spacial score (nSPS) is 17.3. The lowest BCUT2D eigenvalue weighted by Crippen LogP contribution is -2.43. The standard InChI is InChI=1S/C23H25N7O2/c1-14-12-19(30(32)21-20(14)22(31)29-23(21)9-5-3-6-10-23)28-18-13-17(25-15(2)26-18)27-16-8-4-7-11-24-16/h4,7-8,11-13,32H,3,5-6,9-10H2,1-2H3,(H,29,31)(H,24,25,26,27). The van der Waals surface area contributed by atoms with Gasteiger partial charge in [-0.25, -0.2) is 19.9 Å². The smallest absolute Gasteiger partial charge is 0.254 e. The maximum Gasteiger partial charge on any atom is 0.254 e. The van der Waals surface area contributed by atoms with Crippen molar-refractivity contribution < 1.29 is 10.0 Å². The van der Waals surface area contributed by atoms with Crippen LogP contribution in [0.5, 0.6) is 0 Å². The van der Waals surface area contributed by atoms with Gasteiger partial charge in [0.1, 0.15) is 17.5 Å². The topological polar surface area (TPSA) is 117 Å². The molecule has 9 heteroatoms. The first-order chi connectivity index (χ1) is 15.4. The first-order valence-corrected chi connectivity index (χ1v) is 10.8. The Morgan fingerprint density at radius 1 is 1.12 bits per heavy atom. The molecule has 0 unspecified atom stereocenters. The van der Waals surface area contributed by atoms with Crippen LogP contribution < -0.4 is 16.1 Å². The number of anilines is 2. The van der Waals surface area contributed by atoms with Crippen molar-refractivity contribution in [2.45, 2.75) is 51.5 Å². The van der Waals surface area contributed by atoms with Crippen molar-refractivity contribution >= 4 is 23.4 Å². The van der Waals surface area contributed by atoms with Gasteiger partial charge >= 0.3 is 0 Å². The van der Waals surface area contributed by atoms with Gasteiger partial charge in [-0.3, -0.25) is 4.79 Å². The predicted octanol–water partition coefficient (Wildman–Crippen LogP) is 3.41. The van der Waals surface area contributed by atoms with Gasteiger partial charge in [0, 0.05) is 12.3 Å². The van der Waals surface area contributed by atoms with Crippen LogP contribution in [0.1, 0.15) is 59.5 Å². The second-order valence-electron chi connectivity index (χ2n) is 8.43. The van der Waals surface area contributed by atoms with Crippen molar-refractivity contribution in [3.05, 3.63) is 64.7 Å². The van der Waals surface area contributed by atoms with Crippen LogP contribution >= 0.6 is 0 Å². The van der Waals surface area contributed by atoms with Crippen LogP contribution in [0.25, 0.3) is 0 Å². The number of rotatable bonds is 3. The van der Waals surface area contributed by atoms with E-state index in [1.165, 1.54) is 0 Å². The summed E-state index contributed by atoms with van der Waals surface area (Å²) >= 11 is 0. The first kappa shape index (κ1) is 20.2. The van der Waals surface area contributed by atoms with E-state index >= 15 is 0 Å². The third-order valence-electron chi connectivity index (χ3n) is 6.12. The second-order valence-corrected chi connectivity index (χ2v) is 8.43. The minimum Gasteiger partial charge on any atom is -0.427 e. The summed E-state index contributed by atoms with van der Waals surface area (Å²) in [7, 11) is 0. The lowest BCUT2D eigenvalue weighted by molar-refractivity contribution is 0.0892. The molecule has 0 saturated heterocycles. The number of fused-ring (bicyclic) bond motifs is 2. The second kappa shape index (κ2) is 7.74. The monoisotopic (exact) mass is 431 g/mol. The molecule has 1 fully saturated rings. The molecule has 3 N–H and O–H groups in total. The lowest BCUT2D eigenvalue weighted by atomic mass is 9.79. The average molecular weight is 432 g/mol. The molecule has 9 nitrogen and oxygen atoms in total. The van der Waals surface area contributed by atoms with Crippen molar-refractivity contribution in [3.8, 4) is 0 Å². The summed E-state index contributed by atoms with van der Waals surface area (Å²) in [6, 6.07) is 8.97. The fourth-order valence-corrected chi connectivity index (χ4v) is 4.76. The minimum atomic E-state index is -0.539. The zero-order valence-corrected chi connectivity index (χ0v) is 18.1. The fraction of sp³-hybridized carbons (Fsp3) is 0.348. The Labute approximate surface area is 185 Å². The Morgan fingerprint density at radius 2 is 1.94 bits per heavy atom. The predicted molar refractivity (Wildman–Crippen MR) is 118 cm³/mol. The minimum absolute atomic E-state index is 0.131. The molecule has 32 heavy (non-hydrogen) atoms. The highest BCUT2D eigenvalue weighted by Gasteiger charge is 2.47. The molecule has 1 aliphatic heterocycles. The van der Waals surface area contributed by atoms with E-state index in [0.29, 0.717) is 40.0 Å². The van der Waals surface area contributed by atoms with E-state index in [9.17, 15) is 10.0 Å². The van der Waals surface area contributed by atoms with Crippen LogP contribution in [0.15, 0.2) is 41.5 Å². The van der Waals surface area contributed by atoms with Crippen molar-refractivity contribution in [1.82, 2.24) is 25.0 Å². The number of amides is 1. The van der Waals surface area contributed by atoms with Gasteiger partial charge in [-0.15, -0.1) is 0 Å². The summed E-state index contributed by atoms with van der Waals surface area (Å²) < 4.78 is 1.06. The van der Waals surface area contributed by atoms with E-state index in [2.05, 4.69) is 30.6 Å². The number of carbonyl (C=O) groups is 1. The molecule has 0 aromatic carbocycles. The largest absolute Gasteiger partial charge is 0.427 e. The number of carbonyl (C=O) groups excluding carboxylic acids is 1. The number of nitrogens with one attached hydrogen (secondary N) is 2. The molecule has 0 bridgehead atoms. The van der Waals surface area contributed by atoms with Gasteiger partial charge in [0.05, 0.1) is 16.8 Å². The molecule has 5 rings (SSSR count). The van der Waals surface area contributed by atoms with Gasteiger partial charge < -0.3 is 15.8 Å². The quantitative estimate of drug-likeness (QED) is 0.547. The number of aromatic nitrogens is 4. The molecule has 0 radical (unpaired) electrons. The lowest BCUT2D eigenvalue weighted by Gasteiger charge is -2.34. The fourth-order valence-electron chi connectivity index (χ4n) is 4.76. The third kappa shape index (κ3) is 3.49. The third-order valence-corrected chi connectivity index (χ3v) is 6.12. The molecule has 4 heterocycles. The summed E-state index contributed by atoms with van der Waals surface area (Å²) in [5.41, 5.74) is 1.72. The zero-order valence-electron chi connectivity index (χ0n) is 18.1. The van der Waals surface area contributed by atoms with Crippen LogP contribution in [0.2, 0.25) is 0 Å². The van der Waals surface area contributed by atoms with Gasteiger partial charge in [0.2, 0.25) is 0 Å². The Kier molecular flexibility index (Phi) is 4.88. The van der Waals surface area contributed by atoms with Crippen LogP contribution in [0.3, 0.4) is 0 Å². The molecule has 1 saturated carbocycles. The molecule has 3 aromatic heterocycles. The molecule has 0 atom stereocenters. The maximum atomic E-state index is 12.7. The molecule has 1 amide bonds. The van der Waals surface area contributed by atoms with E-state index < -0.39 is 5.54 Å². The number of nitrogens with zero attached hydrogens (tertiary/aromatic N) is 5. The Bertz CT molecular complexity index is 1260. The van der Waals surface area contributed by atoms with Gasteiger partial charge in [-0.05, 0) is 50.5 Å². The summed E-state index contributed by atoms with van der Waals surface area (Å²) in [6.45, 7) is 3.65. The van der Waals surface area contributed by atoms with Crippen LogP contribution in [-0.2, 0) is 5.54 Å². The molecule has 3 aromatic rings. The summed E-state index contributed by atoms with van der Waals surface area (Å²) in [6.07, 6.45) is 6.45. The van der Waals surface area contributed by atoms with Crippen molar-refractivity contribution in [1.29, 1.82) is 0 Å². The average Bonchev–Trinajstić information content (AvgIpc) is 3.04. The molecule has 2 aliphatic rings. The maximum absolute atomic E-state index is 12.7. The Balaban J connectivity index is 1.61. The van der Waals surface area contributed by atoms with E-state index in [1.54, 1.807) is 25.3 Å². The summed E-state index contributed by atoms with van der Waals surface area (Å²) in [5.74, 6) is 2.01. The van der Waals surface area contributed by atoms with Gasteiger partial charge in [0.15, 0.2) is 11.3 Å². The van der Waals surface area contributed by atoms with Crippen molar-refractivity contribution in [2.24, 2.45) is 4.99 Å². The molecule has 1 spiro atoms. The summed E-state index contributed by atoms with van der Waals surface area (Å²) in [5, 5.41) is 17.5. The molecule has 1 aliphatic carbocycles. The van der Waals surface area contributed by atoms with Gasteiger partial charge in [-0.1, -0.05) is 25.3 Å². The Morgan fingerprint density at radius 3 is 2.69 bits per heavy atom. The zero-order chi connectivity index (χ0) is 22.3. The highest BCUT2D eigenvalue weighted by atomic mass is 16.5. The molecular weight excluding hydrogens is 406 g/mol. The summed E-state index contributed by atoms with van der Waals surface area (Å²) in [4.78, 5) is 30.4. The first-order valence-electron chi connectivity index (χ1n) is 10.8. The SMILES string of the molecule is Cc1nc(N=c2cc(C)c3c(n2O)C2(CCCCC2)NC3=O)cc(Nc2ccccn2)n1. The van der Waals surface area contributed by atoms with E-state index in [4.69, 9.17) is 0 Å². The molecule has 164 valence electrons. The van der Waals surface area contributed by atoms with E-state index in [1.807, 2.05) is 25.1 Å². The Hall–Kier alpha value is -3.75. The van der Waals surface area contributed by atoms with Crippen molar-refractivity contribution in [3.63, 3.8) is 0 Å². The number of hydrogen-bond donors (Lipinski definition) is 3. The number of aryl methyl sites for hydroxylation is 2. The van der Waals surface area contributed by atoms with Gasteiger partial charge in [0.25, 0.3) is 5.91 Å². The highest BCUT2D eigenvalue weighted by Crippen LogP contribution is 2.42. The number of pyridine rings is 2. The van der Waals surface area contributed by atoms with Crippen molar-refractivity contribution in [2.75, 3.05) is 5.32 Å². The van der Waals surface area contributed by atoms with Gasteiger partial charge in [-0.2, -0.15) is 4.73 Å². The van der Waals surface area contributed by atoms with Crippen LogP contribution in [-0.4, -0.2) is 30.8 Å². The van der Waals surface area contributed by atoms with E-state index in [-0.39, 0.29) is 5.91 Å². The number of hydrogen-bond acceptors (Lipinski definition) is 7. The van der Waals surface area contributed by atoms with Crippen LogP contribution in [0.4, 0.5) is 17.5 Å². The van der Waals surface area contributed by atoms with Crippen LogP contribution in [0, 0.1) is 13.8 Å². The van der Waals surface area contributed by atoms with E-state index in [0.717, 1.165) is 42.4 Å².